The highest BCUT2D eigenvalue weighted by Crippen LogP contribution is 2.20. The van der Waals surface area contributed by atoms with Crippen LogP contribution in [0.4, 0.5) is 0 Å². The number of aryl methyl sites for hydroxylation is 1. The van der Waals surface area contributed by atoms with Crippen molar-refractivity contribution in [1.29, 1.82) is 0 Å². The molecule has 0 atom stereocenters. The first-order chi connectivity index (χ1) is 7.25. The second-order valence-electron chi connectivity index (χ2n) is 3.77. The summed E-state index contributed by atoms with van der Waals surface area (Å²) in [6.07, 6.45) is 0.722. The third-order valence-corrected chi connectivity index (χ3v) is 2.49. The lowest BCUT2D eigenvalue weighted by atomic mass is 10.0. The summed E-state index contributed by atoms with van der Waals surface area (Å²) in [7, 11) is 0. The lowest BCUT2D eigenvalue weighted by Gasteiger charge is -2.03. The Balaban J connectivity index is 2.22. The average Bonchev–Trinajstić information content (AvgIpc) is 2.25. The van der Waals surface area contributed by atoms with Crippen molar-refractivity contribution in [2.24, 2.45) is 0 Å². The highest BCUT2D eigenvalue weighted by molar-refractivity contribution is 5.36. The van der Waals surface area contributed by atoms with Crippen LogP contribution >= 0.6 is 0 Å². The van der Waals surface area contributed by atoms with Crippen LogP contribution < -0.4 is 0 Å². The minimum atomic E-state index is 0.123. The third-order valence-electron chi connectivity index (χ3n) is 2.49. The third kappa shape index (κ3) is 2.38. The SMILES string of the molecule is Cc1ccc(Cc2ccccc2[O])cc1. The molecule has 0 saturated heterocycles. The van der Waals surface area contributed by atoms with Gasteiger partial charge in [0, 0.05) is 12.0 Å². The van der Waals surface area contributed by atoms with Crippen molar-refractivity contribution in [3.05, 3.63) is 65.2 Å². The predicted molar refractivity (Wildman–Crippen MR) is 60.6 cm³/mol. The van der Waals surface area contributed by atoms with E-state index in [-0.39, 0.29) is 5.75 Å². The summed E-state index contributed by atoms with van der Waals surface area (Å²) in [5.41, 5.74) is 3.29. The van der Waals surface area contributed by atoms with E-state index >= 15 is 0 Å². The number of para-hydroxylation sites is 1. The first kappa shape index (κ1) is 9.78. The van der Waals surface area contributed by atoms with Crippen molar-refractivity contribution in [3.63, 3.8) is 0 Å². The fourth-order valence-electron chi connectivity index (χ4n) is 1.58. The molecule has 0 saturated carbocycles. The molecule has 2 aromatic rings. The molecule has 0 heterocycles. The van der Waals surface area contributed by atoms with E-state index in [0.29, 0.717) is 0 Å². The maximum absolute atomic E-state index is 11.5. The van der Waals surface area contributed by atoms with E-state index < -0.39 is 0 Å². The molecule has 1 heteroatoms. The largest absolute Gasteiger partial charge is 0.290 e. The van der Waals surface area contributed by atoms with Crippen LogP contribution in [0.15, 0.2) is 48.5 Å². The Bertz CT molecular complexity index is 443. The Kier molecular flexibility index (Phi) is 2.72. The molecule has 1 radical (unpaired) electrons. The molecular formula is C14H13O. The van der Waals surface area contributed by atoms with Gasteiger partial charge in [-0.3, -0.25) is 5.11 Å². The molecule has 0 fully saturated rings. The fraction of sp³-hybridized carbons (Fsp3) is 0.143. The van der Waals surface area contributed by atoms with Crippen LogP contribution in [0, 0.1) is 6.92 Å². The van der Waals surface area contributed by atoms with E-state index in [9.17, 15) is 5.11 Å². The average molecular weight is 197 g/mol. The van der Waals surface area contributed by atoms with Gasteiger partial charge in [0.05, 0.1) is 0 Å². The quantitative estimate of drug-likeness (QED) is 0.699. The summed E-state index contributed by atoms with van der Waals surface area (Å²) < 4.78 is 0. The lowest BCUT2D eigenvalue weighted by Crippen LogP contribution is -1.88. The van der Waals surface area contributed by atoms with Gasteiger partial charge in [-0.05, 0) is 18.6 Å². The molecule has 2 aromatic carbocycles. The van der Waals surface area contributed by atoms with E-state index in [1.54, 1.807) is 12.1 Å². The fourth-order valence-corrected chi connectivity index (χ4v) is 1.58. The maximum atomic E-state index is 11.5. The van der Waals surface area contributed by atoms with Gasteiger partial charge in [-0.25, -0.2) is 0 Å². The van der Waals surface area contributed by atoms with E-state index in [0.717, 1.165) is 12.0 Å². The van der Waals surface area contributed by atoms with Crippen LogP contribution in [0.25, 0.3) is 0 Å². The van der Waals surface area contributed by atoms with E-state index in [1.165, 1.54) is 11.1 Å². The summed E-state index contributed by atoms with van der Waals surface area (Å²) >= 11 is 0. The van der Waals surface area contributed by atoms with Crippen LogP contribution in [0.2, 0.25) is 0 Å². The Morgan fingerprint density at radius 3 is 2.27 bits per heavy atom. The number of rotatable bonds is 2. The normalized spacial score (nSPS) is 10.2. The molecule has 0 aliphatic rings. The highest BCUT2D eigenvalue weighted by atomic mass is 16.3. The molecule has 0 aliphatic heterocycles. The molecular weight excluding hydrogens is 184 g/mol. The van der Waals surface area contributed by atoms with Gasteiger partial charge in [0.2, 0.25) is 0 Å². The van der Waals surface area contributed by atoms with Crippen LogP contribution in [-0.2, 0) is 11.5 Å². The second-order valence-corrected chi connectivity index (χ2v) is 3.77. The molecule has 0 aliphatic carbocycles. The monoisotopic (exact) mass is 197 g/mol. The molecule has 75 valence electrons. The summed E-state index contributed by atoms with van der Waals surface area (Å²) in [5, 5.41) is 11.5. The van der Waals surface area contributed by atoms with Gasteiger partial charge in [0.25, 0.3) is 0 Å². The van der Waals surface area contributed by atoms with E-state index in [4.69, 9.17) is 0 Å². The molecule has 0 unspecified atom stereocenters. The van der Waals surface area contributed by atoms with Gasteiger partial charge in [-0.1, -0.05) is 48.0 Å². The Labute approximate surface area is 90.0 Å². The molecule has 1 nitrogen and oxygen atoms in total. The first-order valence-corrected chi connectivity index (χ1v) is 5.06. The zero-order valence-electron chi connectivity index (χ0n) is 8.73. The van der Waals surface area contributed by atoms with Crippen LogP contribution in [0.1, 0.15) is 16.7 Å². The van der Waals surface area contributed by atoms with Crippen molar-refractivity contribution < 1.29 is 5.11 Å². The van der Waals surface area contributed by atoms with Crippen molar-refractivity contribution in [2.75, 3.05) is 0 Å². The molecule has 0 aromatic heterocycles. The summed E-state index contributed by atoms with van der Waals surface area (Å²) in [5.74, 6) is 0.123. The lowest BCUT2D eigenvalue weighted by molar-refractivity contribution is 0.350. The summed E-state index contributed by atoms with van der Waals surface area (Å²) in [6, 6.07) is 15.5. The van der Waals surface area contributed by atoms with Crippen LogP contribution in [0.5, 0.6) is 5.75 Å². The van der Waals surface area contributed by atoms with Crippen molar-refractivity contribution in [1.82, 2.24) is 0 Å². The van der Waals surface area contributed by atoms with Gasteiger partial charge >= 0.3 is 0 Å². The predicted octanol–water partition coefficient (Wildman–Crippen LogP) is 3.73. The smallest absolute Gasteiger partial charge is 0.182 e. The zero-order valence-corrected chi connectivity index (χ0v) is 8.73. The molecule has 0 bridgehead atoms. The maximum Gasteiger partial charge on any atom is 0.182 e. The molecule has 0 spiro atoms. The van der Waals surface area contributed by atoms with Gasteiger partial charge in [-0.15, -0.1) is 0 Å². The standard InChI is InChI=1S/C14H13O/c1-11-6-8-12(9-7-11)10-13-4-2-3-5-14(13)15/h2-9H,10H2,1H3. The summed E-state index contributed by atoms with van der Waals surface area (Å²) in [4.78, 5) is 0. The van der Waals surface area contributed by atoms with Gasteiger partial charge < -0.3 is 0 Å². The van der Waals surface area contributed by atoms with Gasteiger partial charge in [0.15, 0.2) is 5.75 Å². The molecule has 0 amide bonds. The number of hydrogen-bond acceptors (Lipinski definition) is 0. The van der Waals surface area contributed by atoms with Crippen molar-refractivity contribution in [3.8, 4) is 5.75 Å². The van der Waals surface area contributed by atoms with Crippen molar-refractivity contribution >= 4 is 0 Å². The Morgan fingerprint density at radius 2 is 1.60 bits per heavy atom. The minimum absolute atomic E-state index is 0.123. The Hall–Kier alpha value is -1.76. The topological polar surface area (TPSA) is 19.9 Å². The highest BCUT2D eigenvalue weighted by Gasteiger charge is 2.02. The van der Waals surface area contributed by atoms with Crippen LogP contribution in [0.3, 0.4) is 0 Å². The number of benzene rings is 2. The molecule has 15 heavy (non-hydrogen) atoms. The van der Waals surface area contributed by atoms with Crippen molar-refractivity contribution in [2.45, 2.75) is 13.3 Å². The van der Waals surface area contributed by atoms with Gasteiger partial charge in [0.1, 0.15) is 0 Å². The van der Waals surface area contributed by atoms with Gasteiger partial charge in [-0.2, -0.15) is 0 Å². The molecule has 0 N–H and O–H groups in total. The number of hydrogen-bond donors (Lipinski definition) is 0. The first-order valence-electron chi connectivity index (χ1n) is 5.06. The summed E-state index contributed by atoms with van der Waals surface area (Å²) in [6.45, 7) is 2.06. The van der Waals surface area contributed by atoms with E-state index in [1.807, 2.05) is 12.1 Å². The Morgan fingerprint density at radius 1 is 0.933 bits per heavy atom. The second kappa shape index (κ2) is 4.18. The zero-order chi connectivity index (χ0) is 10.7. The minimum Gasteiger partial charge on any atom is -0.290 e. The molecule has 2 rings (SSSR count). The van der Waals surface area contributed by atoms with E-state index in [2.05, 4.69) is 31.2 Å². The van der Waals surface area contributed by atoms with Crippen LogP contribution in [-0.4, -0.2) is 0 Å².